The molecule has 0 heterocycles. The molecule has 1 nitrogen and oxygen atoms in total. The normalized spacial score (nSPS) is 36.6. The molecule has 1 fully saturated rings. The lowest BCUT2D eigenvalue weighted by Crippen LogP contribution is -2.28. The maximum atomic E-state index is 12.3. The van der Waals surface area contributed by atoms with E-state index in [9.17, 15) is 8.78 Å². The van der Waals surface area contributed by atoms with Crippen molar-refractivity contribution in [1.82, 2.24) is 0 Å². The average molecular weight is 149 g/mol. The van der Waals surface area contributed by atoms with Crippen molar-refractivity contribution in [1.29, 1.82) is 0 Å². The number of halogens is 2. The quantitative estimate of drug-likeness (QED) is 0.634. The van der Waals surface area contributed by atoms with Gasteiger partial charge in [0, 0.05) is 12.0 Å². The van der Waals surface area contributed by atoms with Gasteiger partial charge in [-0.1, -0.05) is 13.8 Å². The van der Waals surface area contributed by atoms with E-state index in [0.717, 1.165) is 0 Å². The molecule has 0 saturated heterocycles. The summed E-state index contributed by atoms with van der Waals surface area (Å²) >= 11 is 0. The van der Waals surface area contributed by atoms with E-state index in [4.69, 9.17) is 5.73 Å². The number of nitrogens with two attached hydrogens (primary N) is 1. The minimum atomic E-state index is -2.26. The molecule has 1 unspecified atom stereocenters. The first-order chi connectivity index (χ1) is 4.46. The molecule has 3 heteroatoms. The van der Waals surface area contributed by atoms with Crippen molar-refractivity contribution in [3.8, 4) is 0 Å². The van der Waals surface area contributed by atoms with Gasteiger partial charge in [0.1, 0.15) is 0 Å². The fraction of sp³-hybridized carbons (Fsp3) is 1.00. The molecule has 1 aliphatic carbocycles. The Bertz CT molecular complexity index is 145. The van der Waals surface area contributed by atoms with Crippen molar-refractivity contribution in [3.63, 3.8) is 0 Å². The Morgan fingerprint density at radius 1 is 1.50 bits per heavy atom. The number of hydrogen-bond acceptors (Lipinski definition) is 1. The summed E-state index contributed by atoms with van der Waals surface area (Å²) in [7, 11) is 0. The van der Waals surface area contributed by atoms with Gasteiger partial charge < -0.3 is 5.73 Å². The fourth-order valence-corrected chi connectivity index (χ4v) is 1.55. The van der Waals surface area contributed by atoms with Crippen LogP contribution in [-0.4, -0.2) is 13.0 Å². The van der Waals surface area contributed by atoms with Crippen LogP contribution >= 0.6 is 0 Å². The zero-order valence-corrected chi connectivity index (χ0v) is 6.32. The van der Waals surface area contributed by atoms with Crippen LogP contribution in [0, 0.1) is 10.8 Å². The third-order valence-electron chi connectivity index (χ3n) is 2.76. The minimum Gasteiger partial charge on any atom is -0.330 e. The predicted octanol–water partition coefficient (Wildman–Crippen LogP) is 1.63. The summed E-state index contributed by atoms with van der Waals surface area (Å²) in [4.78, 5) is 0. The lowest BCUT2D eigenvalue weighted by molar-refractivity contribution is 0.0452. The molecule has 0 aromatic carbocycles. The van der Waals surface area contributed by atoms with E-state index in [0.29, 0.717) is 6.42 Å². The van der Waals surface area contributed by atoms with Crippen LogP contribution in [0.15, 0.2) is 0 Å². The summed E-state index contributed by atoms with van der Waals surface area (Å²) in [5.41, 5.74) is 4.16. The van der Waals surface area contributed by atoms with Crippen molar-refractivity contribution >= 4 is 0 Å². The Labute approximate surface area is 59.6 Å². The lowest BCUT2D eigenvalue weighted by Gasteiger charge is -2.16. The zero-order valence-electron chi connectivity index (χ0n) is 6.32. The van der Waals surface area contributed by atoms with E-state index in [-0.39, 0.29) is 12.0 Å². The van der Waals surface area contributed by atoms with Crippen LogP contribution in [-0.2, 0) is 0 Å². The van der Waals surface area contributed by atoms with E-state index < -0.39 is 11.8 Å². The zero-order chi connectivity index (χ0) is 7.99. The van der Waals surface area contributed by atoms with Crippen LogP contribution in [0.25, 0.3) is 0 Å². The second-order valence-electron chi connectivity index (χ2n) is 3.72. The Balaban J connectivity index is 2.68. The first kappa shape index (κ1) is 7.92. The van der Waals surface area contributed by atoms with E-state index in [1.807, 2.05) is 13.8 Å². The second-order valence-corrected chi connectivity index (χ2v) is 3.72. The predicted molar refractivity (Wildman–Crippen MR) is 35.9 cm³/mol. The number of alkyl halides is 2. The third kappa shape index (κ3) is 0.764. The minimum absolute atomic E-state index is 0.109. The number of rotatable bonds is 2. The van der Waals surface area contributed by atoms with E-state index in [1.165, 1.54) is 0 Å². The molecule has 0 aromatic rings. The van der Waals surface area contributed by atoms with Crippen molar-refractivity contribution < 1.29 is 8.78 Å². The Kier molecular flexibility index (Phi) is 1.51. The molecule has 10 heavy (non-hydrogen) atoms. The second kappa shape index (κ2) is 1.91. The topological polar surface area (TPSA) is 26.0 Å². The van der Waals surface area contributed by atoms with Crippen molar-refractivity contribution in [3.05, 3.63) is 0 Å². The fourth-order valence-electron chi connectivity index (χ4n) is 1.55. The molecule has 0 amide bonds. The van der Waals surface area contributed by atoms with Gasteiger partial charge >= 0.3 is 0 Å². The van der Waals surface area contributed by atoms with E-state index in [1.54, 1.807) is 0 Å². The van der Waals surface area contributed by atoms with Gasteiger partial charge in [-0.15, -0.1) is 0 Å². The van der Waals surface area contributed by atoms with Crippen LogP contribution in [0.5, 0.6) is 0 Å². The first-order valence-corrected chi connectivity index (χ1v) is 3.44. The van der Waals surface area contributed by atoms with Crippen LogP contribution in [0.1, 0.15) is 20.3 Å². The summed E-state index contributed by atoms with van der Waals surface area (Å²) in [5.74, 6) is 0. The van der Waals surface area contributed by atoms with Gasteiger partial charge in [-0.05, 0) is 11.8 Å². The monoisotopic (exact) mass is 149 g/mol. The smallest absolute Gasteiger partial charge is 0.245 e. The standard InChI is InChI=1S/C7H13F2N/c1-6(2)3-7(6,4-10)5(8)9/h5H,3-4,10H2,1-2H3. The average Bonchev–Trinajstić information content (AvgIpc) is 2.35. The van der Waals surface area contributed by atoms with E-state index in [2.05, 4.69) is 0 Å². The third-order valence-corrected chi connectivity index (χ3v) is 2.76. The van der Waals surface area contributed by atoms with Gasteiger partial charge in [0.15, 0.2) is 0 Å². The van der Waals surface area contributed by atoms with Gasteiger partial charge in [0.05, 0.1) is 0 Å². The SMILES string of the molecule is CC1(C)CC1(CN)C(F)F. The molecule has 1 rings (SSSR count). The van der Waals surface area contributed by atoms with Gasteiger partial charge in [-0.3, -0.25) is 0 Å². The highest BCUT2D eigenvalue weighted by molar-refractivity contribution is 5.11. The highest BCUT2D eigenvalue weighted by Gasteiger charge is 2.65. The maximum absolute atomic E-state index is 12.3. The van der Waals surface area contributed by atoms with Gasteiger partial charge in [-0.25, -0.2) is 8.78 Å². The highest BCUT2D eigenvalue weighted by atomic mass is 19.3. The lowest BCUT2D eigenvalue weighted by atomic mass is 9.97. The maximum Gasteiger partial charge on any atom is 0.245 e. The van der Waals surface area contributed by atoms with Crippen molar-refractivity contribution in [2.75, 3.05) is 6.54 Å². The molecule has 2 N–H and O–H groups in total. The van der Waals surface area contributed by atoms with Gasteiger partial charge in [0.2, 0.25) is 6.43 Å². The van der Waals surface area contributed by atoms with Gasteiger partial charge in [0.25, 0.3) is 0 Å². The largest absolute Gasteiger partial charge is 0.330 e. The molecule has 0 bridgehead atoms. The Morgan fingerprint density at radius 2 is 1.90 bits per heavy atom. The summed E-state index contributed by atoms with van der Waals surface area (Å²) in [5, 5.41) is 0. The molecule has 1 saturated carbocycles. The van der Waals surface area contributed by atoms with Crippen LogP contribution in [0.3, 0.4) is 0 Å². The number of hydrogen-bond donors (Lipinski definition) is 1. The molecular formula is C7H13F2N. The van der Waals surface area contributed by atoms with Gasteiger partial charge in [-0.2, -0.15) is 0 Å². The van der Waals surface area contributed by atoms with Crippen LogP contribution in [0.4, 0.5) is 8.78 Å². The molecule has 0 aromatic heterocycles. The first-order valence-electron chi connectivity index (χ1n) is 3.44. The summed E-state index contributed by atoms with van der Waals surface area (Å²) < 4.78 is 24.6. The summed E-state index contributed by atoms with van der Waals surface area (Å²) in [6.07, 6.45) is -1.69. The van der Waals surface area contributed by atoms with Crippen molar-refractivity contribution in [2.45, 2.75) is 26.7 Å². The summed E-state index contributed by atoms with van der Waals surface area (Å²) in [6.45, 7) is 3.79. The molecular weight excluding hydrogens is 136 g/mol. The summed E-state index contributed by atoms with van der Waals surface area (Å²) in [6, 6.07) is 0. The van der Waals surface area contributed by atoms with Crippen molar-refractivity contribution in [2.24, 2.45) is 16.6 Å². The molecule has 1 aliphatic rings. The Hall–Kier alpha value is -0.180. The highest BCUT2D eigenvalue weighted by Crippen LogP contribution is 2.65. The molecule has 60 valence electrons. The molecule has 1 atom stereocenters. The molecule has 0 aliphatic heterocycles. The van der Waals surface area contributed by atoms with Crippen LogP contribution < -0.4 is 5.73 Å². The Morgan fingerprint density at radius 3 is 1.90 bits per heavy atom. The molecule has 0 spiro atoms. The van der Waals surface area contributed by atoms with Crippen LogP contribution in [0.2, 0.25) is 0 Å². The molecule has 0 radical (unpaired) electrons. The van der Waals surface area contributed by atoms with E-state index >= 15 is 0 Å².